The van der Waals surface area contributed by atoms with Crippen LogP contribution >= 0.6 is 23.1 Å². The second kappa shape index (κ2) is 8.90. The van der Waals surface area contributed by atoms with Crippen LogP contribution in [0.5, 0.6) is 0 Å². The van der Waals surface area contributed by atoms with E-state index < -0.39 is 0 Å². The second-order valence-electron chi connectivity index (χ2n) is 11.1. The number of nitrogens with zero attached hydrogens (tertiary/aromatic N) is 3. The number of piperidine rings is 1. The molecule has 3 heterocycles. The highest BCUT2D eigenvalue weighted by atomic mass is 32.2. The van der Waals surface area contributed by atoms with Gasteiger partial charge in [-0.3, -0.25) is 4.79 Å². The summed E-state index contributed by atoms with van der Waals surface area (Å²) in [4.78, 5) is 28.1. The Morgan fingerprint density at radius 1 is 1.16 bits per heavy atom. The average molecular weight is 472 g/mol. The van der Waals surface area contributed by atoms with Crippen molar-refractivity contribution in [3.05, 3.63) is 16.3 Å². The molecule has 4 nitrogen and oxygen atoms in total. The van der Waals surface area contributed by atoms with E-state index in [0.29, 0.717) is 23.1 Å². The molecule has 1 saturated carbocycles. The SMILES string of the molecule is CC[C@H]1CCCCN1C(=O)CSc1nc(C2CC2)nc2sc3c(c12)CC[C@@H](C(C)(C)C)C3. The minimum Gasteiger partial charge on any atom is -0.339 e. The topological polar surface area (TPSA) is 46.1 Å². The maximum atomic E-state index is 13.2. The van der Waals surface area contributed by atoms with Crippen molar-refractivity contribution in [2.45, 2.75) is 102 Å². The normalized spacial score (nSPS) is 24.1. The number of amides is 1. The molecule has 0 spiro atoms. The molecule has 5 rings (SSSR count). The highest BCUT2D eigenvalue weighted by molar-refractivity contribution is 8.00. The van der Waals surface area contributed by atoms with Gasteiger partial charge in [0.25, 0.3) is 0 Å². The molecule has 2 atom stereocenters. The second-order valence-corrected chi connectivity index (χ2v) is 13.1. The number of hydrogen-bond acceptors (Lipinski definition) is 5. The van der Waals surface area contributed by atoms with Crippen molar-refractivity contribution in [1.29, 1.82) is 0 Å². The lowest BCUT2D eigenvalue weighted by Crippen LogP contribution is -2.44. The van der Waals surface area contributed by atoms with Gasteiger partial charge in [0.2, 0.25) is 5.91 Å². The standard InChI is InChI=1S/C26H37N3OS2/c1-5-18-8-6-7-13-29(18)21(30)15-31-24-22-19-12-11-17(26(2,3)4)14-20(19)32-25(22)28-23(27-24)16-9-10-16/h16-18H,5-15H2,1-4H3/t17-,18+/m1/s1. The Labute approximate surface area is 201 Å². The van der Waals surface area contributed by atoms with E-state index in [4.69, 9.17) is 9.97 Å². The molecule has 1 amide bonds. The quantitative estimate of drug-likeness (QED) is 0.364. The van der Waals surface area contributed by atoms with E-state index in [9.17, 15) is 4.79 Å². The number of thioether (sulfide) groups is 1. The van der Waals surface area contributed by atoms with E-state index in [0.717, 1.165) is 55.4 Å². The first-order valence-corrected chi connectivity index (χ1v) is 14.4. The van der Waals surface area contributed by atoms with E-state index >= 15 is 0 Å². The van der Waals surface area contributed by atoms with E-state index in [1.807, 2.05) is 11.3 Å². The molecule has 174 valence electrons. The van der Waals surface area contributed by atoms with Crippen LogP contribution in [-0.2, 0) is 17.6 Å². The molecule has 0 aromatic carbocycles. The summed E-state index contributed by atoms with van der Waals surface area (Å²) in [6.45, 7) is 10.3. The maximum absolute atomic E-state index is 13.2. The molecule has 1 aliphatic heterocycles. The molecule has 0 bridgehead atoms. The fraction of sp³-hybridized carbons (Fsp3) is 0.731. The zero-order valence-electron chi connectivity index (χ0n) is 20.1. The molecule has 3 aliphatic rings. The molecule has 2 aliphatic carbocycles. The number of fused-ring (bicyclic) bond motifs is 3. The molecular formula is C26H37N3OS2. The first-order chi connectivity index (χ1) is 15.3. The molecule has 1 saturated heterocycles. The fourth-order valence-electron chi connectivity index (χ4n) is 5.49. The molecule has 0 radical (unpaired) electrons. The minimum absolute atomic E-state index is 0.290. The Morgan fingerprint density at radius 2 is 1.97 bits per heavy atom. The van der Waals surface area contributed by atoms with Crippen LogP contribution in [0.15, 0.2) is 5.03 Å². The monoisotopic (exact) mass is 471 g/mol. The molecular weight excluding hydrogens is 434 g/mol. The summed E-state index contributed by atoms with van der Waals surface area (Å²) < 4.78 is 0. The third kappa shape index (κ3) is 4.46. The van der Waals surface area contributed by atoms with Crippen molar-refractivity contribution in [2.75, 3.05) is 12.3 Å². The predicted octanol–water partition coefficient (Wildman–Crippen LogP) is 6.60. The Morgan fingerprint density at radius 3 is 2.69 bits per heavy atom. The van der Waals surface area contributed by atoms with Crippen molar-refractivity contribution in [2.24, 2.45) is 11.3 Å². The zero-order valence-corrected chi connectivity index (χ0v) is 21.7. The first-order valence-electron chi connectivity index (χ1n) is 12.6. The fourth-order valence-corrected chi connectivity index (χ4v) is 7.81. The van der Waals surface area contributed by atoms with Gasteiger partial charge in [-0.25, -0.2) is 9.97 Å². The van der Waals surface area contributed by atoms with Gasteiger partial charge >= 0.3 is 0 Å². The molecule has 2 aromatic heterocycles. The van der Waals surface area contributed by atoms with Crippen LogP contribution in [0.2, 0.25) is 0 Å². The molecule has 2 aromatic rings. The van der Waals surface area contributed by atoms with Crippen LogP contribution in [-0.4, -0.2) is 39.1 Å². The summed E-state index contributed by atoms with van der Waals surface area (Å²) in [6, 6.07) is 0.424. The van der Waals surface area contributed by atoms with Gasteiger partial charge in [0.1, 0.15) is 15.7 Å². The van der Waals surface area contributed by atoms with Crippen molar-refractivity contribution < 1.29 is 4.79 Å². The van der Waals surface area contributed by atoms with Gasteiger partial charge in [-0.05, 0) is 74.7 Å². The number of carbonyl (C=O) groups is 1. The highest BCUT2D eigenvalue weighted by Crippen LogP contribution is 2.46. The van der Waals surface area contributed by atoms with Crippen LogP contribution in [0.3, 0.4) is 0 Å². The molecule has 0 unspecified atom stereocenters. The Bertz CT molecular complexity index is 1000. The van der Waals surface area contributed by atoms with E-state index in [1.165, 1.54) is 46.3 Å². The van der Waals surface area contributed by atoms with Gasteiger partial charge in [0.05, 0.1) is 5.75 Å². The molecule has 2 fully saturated rings. The number of aromatic nitrogens is 2. The van der Waals surface area contributed by atoms with Crippen molar-refractivity contribution in [3.63, 3.8) is 0 Å². The maximum Gasteiger partial charge on any atom is 0.233 e. The number of carbonyl (C=O) groups excluding carboxylic acids is 1. The number of likely N-dealkylation sites (tertiary alicyclic amines) is 1. The largest absolute Gasteiger partial charge is 0.339 e. The van der Waals surface area contributed by atoms with Gasteiger partial charge < -0.3 is 4.90 Å². The lowest BCUT2D eigenvalue weighted by atomic mass is 9.72. The molecule has 0 N–H and O–H groups in total. The summed E-state index contributed by atoms with van der Waals surface area (Å²) in [5.41, 5.74) is 1.82. The zero-order chi connectivity index (χ0) is 22.5. The van der Waals surface area contributed by atoms with Crippen molar-refractivity contribution in [3.8, 4) is 0 Å². The van der Waals surface area contributed by atoms with Gasteiger partial charge in [0.15, 0.2) is 0 Å². The summed E-state index contributed by atoms with van der Waals surface area (Å²) in [5.74, 6) is 3.06. The lowest BCUT2D eigenvalue weighted by molar-refractivity contribution is -0.132. The van der Waals surface area contributed by atoms with Crippen LogP contribution in [0, 0.1) is 11.3 Å². The van der Waals surface area contributed by atoms with Crippen LogP contribution in [0.25, 0.3) is 10.2 Å². The first kappa shape index (κ1) is 22.6. The van der Waals surface area contributed by atoms with Gasteiger partial charge in [-0.1, -0.05) is 39.5 Å². The summed E-state index contributed by atoms with van der Waals surface area (Å²) in [5, 5.41) is 2.34. The number of aryl methyl sites for hydroxylation is 1. The Kier molecular flexibility index (Phi) is 6.30. The van der Waals surface area contributed by atoms with Crippen molar-refractivity contribution >= 4 is 39.2 Å². The van der Waals surface area contributed by atoms with Crippen LogP contribution in [0.1, 0.15) is 94.8 Å². The highest BCUT2D eigenvalue weighted by Gasteiger charge is 2.34. The summed E-state index contributed by atoms with van der Waals surface area (Å²) >= 11 is 3.57. The molecule has 6 heteroatoms. The van der Waals surface area contributed by atoms with Crippen LogP contribution < -0.4 is 0 Å². The lowest BCUT2D eigenvalue weighted by Gasteiger charge is -2.35. The third-order valence-corrected chi connectivity index (χ3v) is 9.92. The van der Waals surface area contributed by atoms with Crippen molar-refractivity contribution in [1.82, 2.24) is 14.9 Å². The summed E-state index contributed by atoms with van der Waals surface area (Å²) in [6.07, 6.45) is 10.5. The minimum atomic E-state index is 0.290. The van der Waals surface area contributed by atoms with Gasteiger partial charge in [-0.2, -0.15) is 0 Å². The Balaban J connectivity index is 1.43. The third-order valence-electron chi connectivity index (χ3n) is 7.81. The van der Waals surface area contributed by atoms with Gasteiger partial charge in [-0.15, -0.1) is 11.3 Å². The summed E-state index contributed by atoms with van der Waals surface area (Å²) in [7, 11) is 0. The van der Waals surface area contributed by atoms with E-state index in [1.54, 1.807) is 11.8 Å². The number of rotatable bonds is 5. The number of thiophene rings is 1. The predicted molar refractivity (Wildman–Crippen MR) is 135 cm³/mol. The van der Waals surface area contributed by atoms with Gasteiger partial charge in [0, 0.05) is 28.8 Å². The number of hydrogen-bond donors (Lipinski definition) is 0. The smallest absolute Gasteiger partial charge is 0.233 e. The Hall–Kier alpha value is -1.14. The molecule has 32 heavy (non-hydrogen) atoms. The average Bonchev–Trinajstić information content (AvgIpc) is 3.56. The van der Waals surface area contributed by atoms with Crippen LogP contribution in [0.4, 0.5) is 0 Å². The van der Waals surface area contributed by atoms with E-state index in [-0.39, 0.29) is 5.91 Å². The van der Waals surface area contributed by atoms with E-state index in [2.05, 4.69) is 32.6 Å².